The Morgan fingerprint density at radius 1 is 0.721 bits per heavy atom. The first-order valence-electron chi connectivity index (χ1n) is 17.4. The van der Waals surface area contributed by atoms with Crippen LogP contribution >= 0.6 is 11.3 Å². The Morgan fingerprint density at radius 2 is 1.12 bits per heavy atom. The summed E-state index contributed by atoms with van der Waals surface area (Å²) in [6.07, 6.45) is 29.7. The number of carboxylic acid groups (broad SMARTS) is 1. The molecule has 43 heavy (non-hydrogen) atoms. The van der Waals surface area contributed by atoms with E-state index in [1.807, 2.05) is 18.2 Å². The molecule has 1 aromatic heterocycles. The SMILES string of the molecule is C1CCC([NH2+]C2CCCCC2)CC1.C1CCC([NH2+]C2CCCCC2)CC1.O=C([S-])CC(C(=O)[O-])c1nc2ccccc2s1. The van der Waals surface area contributed by atoms with Crippen molar-refractivity contribution < 1.29 is 25.3 Å². The number of aromatic nitrogens is 1. The number of para-hydroxylation sites is 1. The third-order valence-corrected chi connectivity index (χ3v) is 11.3. The lowest BCUT2D eigenvalue weighted by Gasteiger charge is -2.27. The minimum absolute atomic E-state index is 0.252. The number of benzene rings is 1. The van der Waals surface area contributed by atoms with E-state index < -0.39 is 17.0 Å². The van der Waals surface area contributed by atoms with Crippen molar-refractivity contribution in [1.29, 1.82) is 0 Å². The van der Waals surface area contributed by atoms with Gasteiger partial charge >= 0.3 is 0 Å². The monoisotopic (exact) mass is 629 g/mol. The van der Waals surface area contributed by atoms with Crippen LogP contribution in [0.4, 0.5) is 0 Å². The maximum absolute atomic E-state index is 11.0. The van der Waals surface area contributed by atoms with Crippen molar-refractivity contribution in [3.8, 4) is 0 Å². The van der Waals surface area contributed by atoms with Gasteiger partial charge < -0.3 is 38.0 Å². The van der Waals surface area contributed by atoms with Crippen LogP contribution in [0.15, 0.2) is 24.3 Å². The van der Waals surface area contributed by atoms with Gasteiger partial charge in [0.15, 0.2) is 0 Å². The van der Waals surface area contributed by atoms with Gasteiger partial charge in [0.05, 0.1) is 46.3 Å². The molecule has 0 spiro atoms. The zero-order valence-electron chi connectivity index (χ0n) is 26.2. The molecule has 1 unspecified atom stereocenters. The minimum Gasteiger partial charge on any atom is -0.742 e. The van der Waals surface area contributed by atoms with Gasteiger partial charge in [0.2, 0.25) is 0 Å². The summed E-state index contributed by atoms with van der Waals surface area (Å²) in [4.78, 5) is 26.0. The molecule has 2 aromatic rings. The molecule has 1 heterocycles. The highest BCUT2D eigenvalue weighted by atomic mass is 32.1. The maximum Gasteiger partial charge on any atom is 0.103 e. The number of hydrogen-bond acceptors (Lipinski definition) is 6. The average molecular weight is 630 g/mol. The summed E-state index contributed by atoms with van der Waals surface area (Å²) in [5.41, 5.74) is 0.718. The molecule has 1 atom stereocenters. The van der Waals surface area contributed by atoms with Gasteiger partial charge in [-0.05, 0) is 121 Å². The lowest BCUT2D eigenvalue weighted by molar-refractivity contribution is -0.726. The number of carbonyl (C=O) groups excluding carboxylic acids is 2. The second kappa shape index (κ2) is 19.0. The zero-order valence-corrected chi connectivity index (χ0v) is 27.8. The molecule has 1 aromatic carbocycles. The molecular weight excluding hydrogens is 575 g/mol. The first kappa shape index (κ1) is 34.3. The van der Waals surface area contributed by atoms with E-state index in [1.165, 1.54) is 140 Å². The Kier molecular flexibility index (Phi) is 15.2. The molecule has 0 aliphatic heterocycles. The van der Waals surface area contributed by atoms with Gasteiger partial charge in [-0.3, -0.25) is 0 Å². The van der Waals surface area contributed by atoms with Gasteiger partial charge in [0.1, 0.15) is 5.01 Å². The second-order valence-electron chi connectivity index (χ2n) is 13.4. The molecule has 6 rings (SSSR count). The summed E-state index contributed by atoms with van der Waals surface area (Å²) in [5, 5.41) is 16.2. The second-order valence-corrected chi connectivity index (χ2v) is 15.0. The largest absolute Gasteiger partial charge is 0.742 e. The van der Waals surface area contributed by atoms with E-state index in [0.29, 0.717) is 5.01 Å². The first-order valence-corrected chi connectivity index (χ1v) is 18.7. The van der Waals surface area contributed by atoms with Crippen LogP contribution in [0.1, 0.15) is 146 Å². The smallest absolute Gasteiger partial charge is 0.103 e. The zero-order chi connectivity index (χ0) is 30.3. The molecule has 4 N–H and O–H groups in total. The van der Waals surface area contributed by atoms with Gasteiger partial charge in [0.25, 0.3) is 0 Å². The molecule has 240 valence electrons. The Hall–Kier alpha value is -1.61. The van der Waals surface area contributed by atoms with E-state index in [2.05, 4.69) is 28.2 Å². The van der Waals surface area contributed by atoms with Crippen molar-refractivity contribution in [2.75, 3.05) is 0 Å². The molecule has 4 aliphatic rings. The van der Waals surface area contributed by atoms with E-state index in [0.717, 1.165) is 34.4 Å². The fourth-order valence-electron chi connectivity index (χ4n) is 7.55. The number of quaternary nitrogens is 2. The lowest BCUT2D eigenvalue weighted by Crippen LogP contribution is -2.95. The van der Waals surface area contributed by atoms with Gasteiger partial charge in [0, 0.05) is 5.12 Å². The first-order chi connectivity index (χ1) is 21.0. The molecule has 0 amide bonds. The van der Waals surface area contributed by atoms with Crippen molar-refractivity contribution in [1.82, 2.24) is 4.98 Å². The Bertz CT molecular complexity index is 986. The van der Waals surface area contributed by atoms with E-state index >= 15 is 0 Å². The molecule has 6 nitrogen and oxygen atoms in total. The highest BCUT2D eigenvalue weighted by Gasteiger charge is 2.24. The summed E-state index contributed by atoms with van der Waals surface area (Å²) >= 11 is 5.65. The average Bonchev–Trinajstić information content (AvgIpc) is 3.46. The van der Waals surface area contributed by atoms with Crippen LogP contribution < -0.4 is 15.7 Å². The highest BCUT2D eigenvalue weighted by molar-refractivity contribution is 7.77. The van der Waals surface area contributed by atoms with Crippen molar-refractivity contribution in [2.45, 2.75) is 165 Å². The topological polar surface area (TPSA) is 103 Å². The van der Waals surface area contributed by atoms with Crippen LogP contribution in [0.2, 0.25) is 0 Å². The molecular formula is C35H55N3O3S2. The molecule has 4 fully saturated rings. The van der Waals surface area contributed by atoms with Gasteiger partial charge in [-0.15, -0.1) is 11.3 Å². The minimum atomic E-state index is -1.32. The summed E-state index contributed by atoms with van der Waals surface area (Å²) in [6, 6.07) is 11.3. The van der Waals surface area contributed by atoms with Crippen molar-refractivity contribution in [3.63, 3.8) is 0 Å². The van der Waals surface area contributed by atoms with Crippen molar-refractivity contribution in [3.05, 3.63) is 29.3 Å². The van der Waals surface area contributed by atoms with Crippen LogP contribution in [0.5, 0.6) is 0 Å². The molecule has 8 heteroatoms. The number of rotatable bonds is 8. The van der Waals surface area contributed by atoms with Gasteiger partial charge in [-0.25, -0.2) is 4.98 Å². The molecule has 4 aliphatic carbocycles. The number of nitrogens with two attached hydrogens (primary N) is 2. The summed E-state index contributed by atoms with van der Waals surface area (Å²) in [7, 11) is 0. The lowest BCUT2D eigenvalue weighted by atomic mass is 9.91. The van der Waals surface area contributed by atoms with E-state index in [1.54, 1.807) is 6.07 Å². The van der Waals surface area contributed by atoms with Crippen LogP contribution in [0, 0.1) is 0 Å². The molecule has 0 saturated heterocycles. The predicted molar refractivity (Wildman–Crippen MR) is 176 cm³/mol. The van der Waals surface area contributed by atoms with E-state index in [4.69, 9.17) is 0 Å². The number of nitrogens with zero attached hydrogens (tertiary/aromatic N) is 1. The summed E-state index contributed by atoms with van der Waals surface area (Å²) < 4.78 is 0.880. The summed E-state index contributed by atoms with van der Waals surface area (Å²) in [5.74, 6) is -2.36. The number of carboxylic acids is 1. The van der Waals surface area contributed by atoms with E-state index in [9.17, 15) is 14.7 Å². The number of carbonyl (C=O) groups is 2. The highest BCUT2D eigenvalue weighted by Crippen LogP contribution is 2.29. The number of thiazole rings is 1. The fourth-order valence-corrected chi connectivity index (χ4v) is 8.78. The van der Waals surface area contributed by atoms with E-state index in [-0.39, 0.29) is 6.42 Å². The quantitative estimate of drug-likeness (QED) is 0.399. The molecule has 0 bridgehead atoms. The summed E-state index contributed by atoms with van der Waals surface area (Å²) in [6.45, 7) is 0. The fraction of sp³-hybridized carbons (Fsp3) is 0.743. The number of fused-ring (bicyclic) bond motifs is 1. The van der Waals surface area contributed by atoms with Crippen molar-refractivity contribution >= 4 is 45.3 Å². The standard InChI is InChI=1S/2C12H23N.C11H9NO3S2/c2*1-3-7-11(8-4-1)13-12-9-5-2-6-10-12;13-9(16)5-6(11(14)15)10-12-7-3-1-2-4-8(7)17-10/h2*11-13H,1-10H2;1-4,6H,5H2,(H,13,16)(H,14,15). The normalized spacial score (nSPS) is 21.7. The Morgan fingerprint density at radius 3 is 1.47 bits per heavy atom. The Balaban J connectivity index is 0.000000150. The van der Waals surface area contributed by atoms with Gasteiger partial charge in [-0.2, -0.15) is 0 Å². The van der Waals surface area contributed by atoms with Crippen LogP contribution in [-0.2, 0) is 22.2 Å². The Labute approximate surface area is 269 Å². The van der Waals surface area contributed by atoms with Crippen LogP contribution in [-0.4, -0.2) is 40.2 Å². The van der Waals surface area contributed by atoms with Crippen molar-refractivity contribution in [2.24, 2.45) is 0 Å². The number of aliphatic carboxylic acids is 1. The molecule has 0 radical (unpaired) electrons. The third-order valence-electron chi connectivity index (χ3n) is 9.95. The van der Waals surface area contributed by atoms with Crippen LogP contribution in [0.3, 0.4) is 0 Å². The number of hydrogen-bond donors (Lipinski definition) is 2. The van der Waals surface area contributed by atoms with Crippen LogP contribution in [0.25, 0.3) is 10.2 Å². The third kappa shape index (κ3) is 12.4. The molecule has 4 saturated carbocycles. The predicted octanol–water partition coefficient (Wildman–Crippen LogP) is 5.02. The van der Waals surface area contributed by atoms with Gasteiger partial charge in [-0.1, -0.05) is 37.8 Å². The maximum atomic E-state index is 11.0.